The van der Waals surface area contributed by atoms with E-state index < -0.39 is 0 Å². The zero-order valence-electron chi connectivity index (χ0n) is 32.8. The van der Waals surface area contributed by atoms with E-state index in [1.165, 1.54) is 44.5 Å². The molecule has 1 aromatic heterocycles. The van der Waals surface area contributed by atoms with Gasteiger partial charge in [-0.25, -0.2) is 0 Å². The SMILES string of the molecule is CCC1c2ccccc2-c2cc(N(c3ccc(-c4ccccc4)cc3)c3ccc(-c4ccc(-c5cccc6c5oc5c(-c7ccccc7)cccc56)cc4)cc3)ccc21. The second kappa shape index (κ2) is 14.5. The van der Waals surface area contributed by atoms with Gasteiger partial charge in [-0.05, 0) is 98.5 Å². The number of benzene rings is 9. The van der Waals surface area contributed by atoms with Crippen LogP contribution in [0.1, 0.15) is 30.4 Å². The smallest absolute Gasteiger partial charge is 0.143 e. The van der Waals surface area contributed by atoms with Gasteiger partial charge in [0.2, 0.25) is 0 Å². The van der Waals surface area contributed by atoms with Gasteiger partial charge >= 0.3 is 0 Å². The van der Waals surface area contributed by atoms with Crippen LogP contribution in [0.15, 0.2) is 217 Å². The Hall–Kier alpha value is -7.42. The number of anilines is 3. The molecular weight excluding hydrogens is 715 g/mol. The lowest BCUT2D eigenvalue weighted by Gasteiger charge is -2.27. The van der Waals surface area contributed by atoms with E-state index in [2.05, 4.69) is 224 Å². The molecule has 0 bridgehead atoms. The summed E-state index contributed by atoms with van der Waals surface area (Å²) in [6, 6.07) is 76.8. The first-order chi connectivity index (χ1) is 29.2. The first-order valence-electron chi connectivity index (χ1n) is 20.6. The summed E-state index contributed by atoms with van der Waals surface area (Å²) in [7, 11) is 0. The van der Waals surface area contributed by atoms with Gasteiger partial charge in [0.25, 0.3) is 0 Å². The molecule has 0 amide bonds. The number of rotatable bonds is 8. The molecule has 0 N–H and O–H groups in total. The lowest BCUT2D eigenvalue weighted by atomic mass is 9.94. The number of fused-ring (bicyclic) bond motifs is 6. The average Bonchev–Trinajstić information content (AvgIpc) is 3.86. The van der Waals surface area contributed by atoms with Crippen molar-refractivity contribution < 1.29 is 4.42 Å². The molecule has 1 aliphatic rings. The molecule has 1 atom stereocenters. The highest BCUT2D eigenvalue weighted by Gasteiger charge is 2.28. The number of hydrogen-bond acceptors (Lipinski definition) is 2. The molecule has 2 heteroatoms. The Morgan fingerprint density at radius 3 is 1.36 bits per heavy atom. The van der Waals surface area contributed by atoms with E-state index in [0.29, 0.717) is 5.92 Å². The fraction of sp³-hybridized carbons (Fsp3) is 0.0526. The third-order valence-electron chi connectivity index (χ3n) is 12.2. The predicted octanol–water partition coefficient (Wildman–Crippen LogP) is 16.2. The molecule has 2 nitrogen and oxygen atoms in total. The predicted molar refractivity (Wildman–Crippen MR) is 248 cm³/mol. The van der Waals surface area contributed by atoms with Crippen molar-refractivity contribution in [3.8, 4) is 55.6 Å². The van der Waals surface area contributed by atoms with Crippen LogP contribution in [0.2, 0.25) is 0 Å². The highest BCUT2D eigenvalue weighted by Crippen LogP contribution is 2.49. The largest absolute Gasteiger partial charge is 0.455 e. The van der Waals surface area contributed by atoms with E-state index in [4.69, 9.17) is 4.42 Å². The zero-order valence-corrected chi connectivity index (χ0v) is 32.8. The number of nitrogens with zero attached hydrogens (tertiary/aromatic N) is 1. The molecule has 0 aliphatic heterocycles. The van der Waals surface area contributed by atoms with Gasteiger partial charge in [-0.1, -0.05) is 183 Å². The molecule has 0 radical (unpaired) electrons. The minimum Gasteiger partial charge on any atom is -0.455 e. The van der Waals surface area contributed by atoms with Crippen LogP contribution in [0.25, 0.3) is 77.6 Å². The van der Waals surface area contributed by atoms with Crippen LogP contribution in [-0.2, 0) is 0 Å². The van der Waals surface area contributed by atoms with E-state index in [1.807, 2.05) is 0 Å². The summed E-state index contributed by atoms with van der Waals surface area (Å²) in [5.74, 6) is 0.429. The third-order valence-corrected chi connectivity index (χ3v) is 12.2. The van der Waals surface area contributed by atoms with Crippen molar-refractivity contribution in [2.75, 3.05) is 4.90 Å². The summed E-state index contributed by atoms with van der Waals surface area (Å²) in [6.45, 7) is 2.29. The van der Waals surface area contributed by atoms with Crippen LogP contribution in [0, 0.1) is 0 Å². The van der Waals surface area contributed by atoms with Crippen LogP contribution >= 0.6 is 0 Å². The van der Waals surface area contributed by atoms with E-state index in [1.54, 1.807) is 0 Å². The highest BCUT2D eigenvalue weighted by molar-refractivity contribution is 6.13. The summed E-state index contributed by atoms with van der Waals surface area (Å²) in [5, 5.41) is 2.27. The Morgan fingerprint density at radius 2 is 0.780 bits per heavy atom. The Labute approximate surface area is 345 Å². The monoisotopic (exact) mass is 755 g/mol. The average molecular weight is 756 g/mol. The van der Waals surface area contributed by atoms with Gasteiger partial charge in [-0.3, -0.25) is 0 Å². The third kappa shape index (κ3) is 6.04. The quantitative estimate of drug-likeness (QED) is 0.154. The number of para-hydroxylation sites is 2. The van der Waals surface area contributed by atoms with Gasteiger partial charge in [0, 0.05) is 44.9 Å². The van der Waals surface area contributed by atoms with E-state index in [9.17, 15) is 0 Å². The van der Waals surface area contributed by atoms with Crippen molar-refractivity contribution in [2.45, 2.75) is 19.3 Å². The maximum Gasteiger partial charge on any atom is 0.143 e. The summed E-state index contributed by atoms with van der Waals surface area (Å²) >= 11 is 0. The second-order valence-electron chi connectivity index (χ2n) is 15.5. The summed E-state index contributed by atoms with van der Waals surface area (Å²) in [6.07, 6.45) is 1.08. The minimum atomic E-state index is 0.429. The second-order valence-corrected chi connectivity index (χ2v) is 15.5. The topological polar surface area (TPSA) is 16.4 Å². The van der Waals surface area contributed by atoms with Crippen LogP contribution in [-0.4, -0.2) is 0 Å². The van der Waals surface area contributed by atoms with Crippen LogP contribution in [0.5, 0.6) is 0 Å². The molecule has 0 saturated heterocycles. The van der Waals surface area contributed by atoms with Crippen LogP contribution in [0.4, 0.5) is 17.1 Å². The Morgan fingerprint density at radius 1 is 0.356 bits per heavy atom. The summed E-state index contributed by atoms with van der Waals surface area (Å²) in [5.41, 5.74) is 20.0. The van der Waals surface area contributed by atoms with Crippen LogP contribution in [0.3, 0.4) is 0 Å². The molecule has 1 aliphatic carbocycles. The van der Waals surface area contributed by atoms with Gasteiger partial charge in [0.15, 0.2) is 0 Å². The molecule has 59 heavy (non-hydrogen) atoms. The fourth-order valence-corrected chi connectivity index (χ4v) is 9.29. The maximum atomic E-state index is 6.72. The van der Waals surface area contributed by atoms with E-state index in [0.717, 1.165) is 67.7 Å². The lowest BCUT2D eigenvalue weighted by Crippen LogP contribution is -2.10. The van der Waals surface area contributed by atoms with Gasteiger partial charge in [0.05, 0.1) is 0 Å². The van der Waals surface area contributed by atoms with Crippen molar-refractivity contribution in [1.82, 2.24) is 0 Å². The molecule has 0 saturated carbocycles. The normalized spacial score (nSPS) is 13.1. The van der Waals surface area contributed by atoms with Crippen molar-refractivity contribution in [3.05, 3.63) is 223 Å². The molecule has 0 fully saturated rings. The van der Waals surface area contributed by atoms with Crippen molar-refractivity contribution in [2.24, 2.45) is 0 Å². The molecular formula is C57H41NO. The first kappa shape index (κ1) is 34.8. The fourth-order valence-electron chi connectivity index (χ4n) is 9.29. The summed E-state index contributed by atoms with van der Waals surface area (Å²) < 4.78 is 6.72. The molecule has 0 spiro atoms. The van der Waals surface area contributed by atoms with Crippen molar-refractivity contribution >= 4 is 39.0 Å². The molecule has 9 aromatic carbocycles. The highest BCUT2D eigenvalue weighted by atomic mass is 16.3. The van der Waals surface area contributed by atoms with Crippen molar-refractivity contribution in [1.29, 1.82) is 0 Å². The number of hydrogen-bond donors (Lipinski definition) is 0. The minimum absolute atomic E-state index is 0.429. The number of furan rings is 1. The maximum absolute atomic E-state index is 6.72. The standard InChI is InChI=1S/C57H41NO/c1-2-47-50-17-9-10-18-51(50)55-37-46(35-36-52(47)55)58(44-31-27-40(28-32-44)38-13-5-3-6-14-38)45-33-29-41(30-34-45)39-23-25-43(26-24-39)49-20-12-22-54-53-21-11-19-48(56(53)59-57(49)54)42-15-7-4-8-16-42/h3-37,47H,2H2,1H3. The molecule has 11 rings (SSSR count). The van der Waals surface area contributed by atoms with Gasteiger partial charge < -0.3 is 9.32 Å². The first-order valence-corrected chi connectivity index (χ1v) is 20.6. The van der Waals surface area contributed by atoms with Gasteiger partial charge in [-0.15, -0.1) is 0 Å². The zero-order chi connectivity index (χ0) is 39.3. The van der Waals surface area contributed by atoms with E-state index in [-0.39, 0.29) is 0 Å². The van der Waals surface area contributed by atoms with Crippen molar-refractivity contribution in [3.63, 3.8) is 0 Å². The Bertz CT molecular complexity index is 3110. The molecule has 1 unspecified atom stereocenters. The molecule has 1 heterocycles. The summed E-state index contributed by atoms with van der Waals surface area (Å²) in [4.78, 5) is 2.39. The Balaban J connectivity index is 0.941. The Kier molecular flexibility index (Phi) is 8.56. The molecule has 10 aromatic rings. The van der Waals surface area contributed by atoms with Crippen LogP contribution < -0.4 is 4.90 Å². The lowest BCUT2D eigenvalue weighted by molar-refractivity contribution is 0.671. The molecule has 280 valence electrons. The van der Waals surface area contributed by atoms with E-state index >= 15 is 0 Å². The van der Waals surface area contributed by atoms with Gasteiger partial charge in [0.1, 0.15) is 11.2 Å². The van der Waals surface area contributed by atoms with Gasteiger partial charge in [-0.2, -0.15) is 0 Å².